The Balaban J connectivity index is 1.83. The second-order valence-electron chi connectivity index (χ2n) is 7.76. The maximum absolute atomic E-state index is 14.8. The molecule has 170 valence electrons. The Morgan fingerprint density at radius 2 is 1.94 bits per heavy atom. The largest absolute Gasteiger partial charge is 0.366 e. The summed E-state index contributed by atoms with van der Waals surface area (Å²) in [5.74, 6) is 4.55. The van der Waals surface area contributed by atoms with Crippen LogP contribution in [0.15, 0.2) is 36.4 Å². The molecule has 0 aliphatic rings. The summed E-state index contributed by atoms with van der Waals surface area (Å²) in [6, 6.07) is 8.25. The van der Waals surface area contributed by atoms with Gasteiger partial charge in [0.25, 0.3) is 5.78 Å². The predicted octanol–water partition coefficient (Wildman–Crippen LogP) is 4.88. The molecule has 2 aromatic heterocycles. The fraction of sp³-hybridized carbons (Fsp3) is 0.261. The van der Waals surface area contributed by atoms with Crippen LogP contribution in [0.5, 0.6) is 0 Å². The first kappa shape index (κ1) is 22.5. The Morgan fingerprint density at radius 3 is 2.67 bits per heavy atom. The van der Waals surface area contributed by atoms with Crippen LogP contribution in [0.1, 0.15) is 25.2 Å². The summed E-state index contributed by atoms with van der Waals surface area (Å²) in [6.07, 6.45) is -3.32. The quantitative estimate of drug-likeness (QED) is 0.342. The van der Waals surface area contributed by atoms with Crippen LogP contribution in [-0.4, -0.2) is 38.7 Å². The van der Waals surface area contributed by atoms with Gasteiger partial charge in [0.05, 0.1) is 17.3 Å². The maximum Gasteiger partial charge on any atom is 0.257 e. The Morgan fingerprint density at radius 1 is 1.15 bits per heavy atom. The van der Waals surface area contributed by atoms with E-state index < -0.39 is 30.1 Å². The monoisotopic (exact) mass is 457 g/mol. The molecule has 33 heavy (non-hydrogen) atoms. The molecule has 2 heterocycles. The molecule has 0 aliphatic heterocycles. The number of ether oxygens (including phenoxy) is 1. The van der Waals surface area contributed by atoms with Gasteiger partial charge < -0.3 is 10.1 Å². The Bertz CT molecular complexity index is 1400. The molecule has 0 amide bonds. The molecular weight excluding hydrogens is 438 g/mol. The zero-order valence-electron chi connectivity index (χ0n) is 18.0. The number of benzene rings is 2. The third-order valence-electron chi connectivity index (χ3n) is 4.91. The molecule has 0 saturated carbocycles. The second kappa shape index (κ2) is 8.67. The summed E-state index contributed by atoms with van der Waals surface area (Å²) in [6.45, 7) is 3.54. The molecule has 4 aromatic rings. The van der Waals surface area contributed by atoms with E-state index in [0.29, 0.717) is 5.56 Å². The van der Waals surface area contributed by atoms with E-state index in [1.807, 2.05) is 0 Å². The highest BCUT2D eigenvalue weighted by Crippen LogP contribution is 2.29. The summed E-state index contributed by atoms with van der Waals surface area (Å²) in [5, 5.41) is 10.6. The van der Waals surface area contributed by atoms with E-state index in [1.165, 1.54) is 35.8 Å². The summed E-state index contributed by atoms with van der Waals surface area (Å²) in [7, 11) is 1.52. The van der Waals surface area contributed by atoms with Gasteiger partial charge in [0, 0.05) is 18.4 Å². The molecule has 0 fully saturated rings. The highest BCUT2D eigenvalue weighted by atomic mass is 19.3. The van der Waals surface area contributed by atoms with Crippen molar-refractivity contribution in [3.05, 3.63) is 59.4 Å². The van der Waals surface area contributed by atoms with Crippen LogP contribution in [0.3, 0.4) is 0 Å². The predicted molar refractivity (Wildman–Crippen MR) is 116 cm³/mol. The number of hydrogen-bond donors (Lipinski definition) is 1. The molecule has 1 N–H and O–H groups in total. The van der Waals surface area contributed by atoms with Gasteiger partial charge >= 0.3 is 0 Å². The number of nitrogens with one attached hydrogen (secondary N) is 1. The Labute approximate surface area is 186 Å². The lowest BCUT2D eigenvalue weighted by Crippen LogP contribution is -2.19. The topological polar surface area (TPSA) is 64.3 Å². The molecule has 4 rings (SSSR count). The average molecular weight is 457 g/mol. The van der Waals surface area contributed by atoms with E-state index >= 15 is 0 Å². The fourth-order valence-corrected chi connectivity index (χ4v) is 3.22. The van der Waals surface area contributed by atoms with Gasteiger partial charge in [-0.25, -0.2) is 17.6 Å². The molecule has 10 heteroatoms. The lowest BCUT2D eigenvalue weighted by Gasteiger charge is -2.14. The summed E-state index contributed by atoms with van der Waals surface area (Å²) >= 11 is 0. The number of halogens is 4. The number of fused-ring (bicyclic) bond motifs is 3. The SMILES string of the molecule is COC(C)(C)C#Cc1cc(F)cc(Nc2nc3nnc(CC(F)F)n3c3cccc(F)c23)c1. The Hall–Kier alpha value is -3.71. The van der Waals surface area contributed by atoms with Crippen molar-refractivity contribution in [2.75, 3.05) is 12.4 Å². The first-order chi connectivity index (χ1) is 15.7. The first-order valence-corrected chi connectivity index (χ1v) is 9.93. The van der Waals surface area contributed by atoms with Gasteiger partial charge in [-0.2, -0.15) is 4.98 Å². The highest BCUT2D eigenvalue weighted by molar-refractivity contribution is 5.93. The van der Waals surface area contributed by atoms with E-state index in [9.17, 15) is 17.6 Å². The molecule has 6 nitrogen and oxygen atoms in total. The third-order valence-corrected chi connectivity index (χ3v) is 4.91. The number of rotatable bonds is 5. The van der Waals surface area contributed by atoms with Gasteiger partial charge in [0.15, 0.2) is 0 Å². The molecule has 0 radical (unpaired) electrons. The zero-order valence-corrected chi connectivity index (χ0v) is 18.0. The van der Waals surface area contributed by atoms with E-state index in [2.05, 4.69) is 32.3 Å². The molecule has 0 unspecified atom stereocenters. The molecular formula is C23H19F4N5O. The molecule has 0 aliphatic carbocycles. The van der Waals surface area contributed by atoms with Crippen molar-refractivity contribution in [3.8, 4) is 11.8 Å². The second-order valence-corrected chi connectivity index (χ2v) is 7.76. The van der Waals surface area contributed by atoms with Gasteiger partial charge in [0.2, 0.25) is 6.43 Å². The molecule has 0 spiro atoms. The van der Waals surface area contributed by atoms with Gasteiger partial charge in [-0.15, -0.1) is 10.2 Å². The fourth-order valence-electron chi connectivity index (χ4n) is 3.22. The number of nitrogens with zero attached hydrogens (tertiary/aromatic N) is 4. The van der Waals surface area contributed by atoms with E-state index in [4.69, 9.17) is 4.74 Å². The smallest absolute Gasteiger partial charge is 0.257 e. The summed E-state index contributed by atoms with van der Waals surface area (Å²) in [5.41, 5.74) is 0.162. The van der Waals surface area contributed by atoms with Gasteiger partial charge in [-0.3, -0.25) is 4.40 Å². The third kappa shape index (κ3) is 4.73. The number of hydrogen-bond acceptors (Lipinski definition) is 5. The van der Waals surface area contributed by atoms with Crippen molar-refractivity contribution < 1.29 is 22.3 Å². The van der Waals surface area contributed by atoms with E-state index in [1.54, 1.807) is 26.0 Å². The van der Waals surface area contributed by atoms with Crippen LogP contribution >= 0.6 is 0 Å². The van der Waals surface area contributed by atoms with E-state index in [-0.39, 0.29) is 34.0 Å². The maximum atomic E-state index is 14.8. The minimum atomic E-state index is -2.66. The lowest BCUT2D eigenvalue weighted by atomic mass is 10.1. The lowest BCUT2D eigenvalue weighted by molar-refractivity contribution is 0.0741. The van der Waals surface area contributed by atoms with Gasteiger partial charge in [0.1, 0.15) is 28.9 Å². The molecule has 0 bridgehead atoms. The minimum Gasteiger partial charge on any atom is -0.366 e. The van der Waals surface area contributed by atoms with Gasteiger partial charge in [-0.05, 0) is 44.2 Å². The average Bonchev–Trinajstić information content (AvgIpc) is 3.14. The normalized spacial score (nSPS) is 11.8. The molecule has 2 aromatic carbocycles. The van der Waals surface area contributed by atoms with Crippen molar-refractivity contribution in [3.63, 3.8) is 0 Å². The number of aromatic nitrogens is 4. The number of methoxy groups -OCH3 is 1. The van der Waals surface area contributed by atoms with Crippen molar-refractivity contribution in [2.45, 2.75) is 32.3 Å². The summed E-state index contributed by atoms with van der Waals surface area (Å²) in [4.78, 5) is 4.26. The van der Waals surface area contributed by atoms with Crippen LogP contribution in [0, 0.1) is 23.5 Å². The van der Waals surface area contributed by atoms with Crippen molar-refractivity contribution in [1.82, 2.24) is 19.6 Å². The van der Waals surface area contributed by atoms with Crippen LogP contribution in [0.25, 0.3) is 16.7 Å². The molecule has 0 atom stereocenters. The van der Waals surface area contributed by atoms with Crippen LogP contribution in [0.4, 0.5) is 29.1 Å². The molecule has 0 saturated heterocycles. The van der Waals surface area contributed by atoms with E-state index in [0.717, 1.165) is 0 Å². The van der Waals surface area contributed by atoms with Gasteiger partial charge in [-0.1, -0.05) is 17.9 Å². The minimum absolute atomic E-state index is 0.00418. The van der Waals surface area contributed by atoms with Crippen molar-refractivity contribution >= 4 is 28.2 Å². The highest BCUT2D eigenvalue weighted by Gasteiger charge is 2.19. The van der Waals surface area contributed by atoms with Crippen molar-refractivity contribution in [2.24, 2.45) is 0 Å². The number of alkyl halides is 2. The zero-order chi connectivity index (χ0) is 23.8. The van der Waals surface area contributed by atoms with Crippen molar-refractivity contribution in [1.29, 1.82) is 0 Å². The Kier molecular flexibility index (Phi) is 5.91. The summed E-state index contributed by atoms with van der Waals surface area (Å²) < 4.78 is 61.6. The van der Waals surface area contributed by atoms with Crippen LogP contribution < -0.4 is 5.32 Å². The number of anilines is 2. The van der Waals surface area contributed by atoms with Crippen LogP contribution in [0.2, 0.25) is 0 Å². The standard InChI is InChI=1S/C23H19F4N5O/c1-23(2,33-3)8-7-13-9-14(24)11-15(10-13)28-21-20-16(25)5-4-6-17(20)32-19(12-18(26)27)30-31-22(32)29-21/h4-6,9-11,18H,12H2,1-3H3,(H,28,29,31). The first-order valence-electron chi connectivity index (χ1n) is 9.93. The van der Waals surface area contributed by atoms with Crippen LogP contribution in [-0.2, 0) is 11.2 Å².